The third-order valence-corrected chi connectivity index (χ3v) is 4.89. The van der Waals surface area contributed by atoms with Crippen LogP contribution >= 0.6 is 15.9 Å². The number of rotatable bonds is 2. The molecule has 0 spiro atoms. The first-order valence-corrected chi connectivity index (χ1v) is 8.62. The summed E-state index contributed by atoms with van der Waals surface area (Å²) in [5.74, 6) is 1.14. The van der Waals surface area contributed by atoms with Gasteiger partial charge < -0.3 is 5.32 Å². The van der Waals surface area contributed by atoms with Gasteiger partial charge in [0.1, 0.15) is 5.82 Å². The van der Waals surface area contributed by atoms with Crippen LogP contribution in [-0.4, -0.2) is 16.3 Å². The van der Waals surface area contributed by atoms with Gasteiger partial charge in [-0.2, -0.15) is 5.10 Å². The molecule has 0 amide bonds. The number of anilines is 1. The van der Waals surface area contributed by atoms with E-state index in [9.17, 15) is 0 Å². The smallest absolute Gasteiger partial charge is 0.133 e. The molecule has 0 saturated heterocycles. The summed E-state index contributed by atoms with van der Waals surface area (Å²) in [5, 5.41) is 8.45. The maximum absolute atomic E-state index is 4.94. The molecule has 1 aliphatic heterocycles. The van der Waals surface area contributed by atoms with Gasteiger partial charge in [0.05, 0.1) is 11.4 Å². The van der Waals surface area contributed by atoms with Gasteiger partial charge in [-0.3, -0.25) is 0 Å². The van der Waals surface area contributed by atoms with Gasteiger partial charge in [-0.05, 0) is 49.6 Å². The van der Waals surface area contributed by atoms with Crippen LogP contribution in [0.5, 0.6) is 0 Å². The molecule has 4 rings (SSSR count). The molecule has 3 nitrogen and oxygen atoms in total. The van der Waals surface area contributed by atoms with E-state index in [0.717, 1.165) is 40.2 Å². The fraction of sp³-hybridized carbons (Fsp3) is 0.211. The van der Waals surface area contributed by atoms with Crippen LogP contribution in [0.15, 0.2) is 46.9 Å². The zero-order valence-electron chi connectivity index (χ0n) is 13.2. The average Bonchev–Trinajstić information content (AvgIpc) is 3.13. The van der Waals surface area contributed by atoms with Crippen molar-refractivity contribution in [1.82, 2.24) is 9.78 Å². The lowest BCUT2D eigenvalue weighted by Gasteiger charge is -2.10. The van der Waals surface area contributed by atoms with E-state index >= 15 is 0 Å². The molecule has 23 heavy (non-hydrogen) atoms. The largest absolute Gasteiger partial charge is 0.369 e. The van der Waals surface area contributed by atoms with E-state index in [1.165, 1.54) is 16.7 Å². The van der Waals surface area contributed by atoms with Crippen LogP contribution in [0.2, 0.25) is 0 Å². The molecule has 0 aliphatic carbocycles. The third kappa shape index (κ3) is 2.47. The van der Waals surface area contributed by atoms with Gasteiger partial charge in [-0.25, -0.2) is 4.68 Å². The zero-order valence-corrected chi connectivity index (χ0v) is 14.8. The van der Waals surface area contributed by atoms with E-state index in [0.29, 0.717) is 0 Å². The van der Waals surface area contributed by atoms with Crippen LogP contribution in [0, 0.1) is 13.8 Å². The van der Waals surface area contributed by atoms with Crippen molar-refractivity contribution in [1.29, 1.82) is 0 Å². The second-order valence-corrected chi connectivity index (χ2v) is 6.98. The lowest BCUT2D eigenvalue weighted by Crippen LogP contribution is -2.06. The summed E-state index contributed by atoms with van der Waals surface area (Å²) in [5.41, 5.74) is 7.19. The Kier molecular flexibility index (Phi) is 3.49. The van der Waals surface area contributed by atoms with Crippen LogP contribution in [0.25, 0.3) is 16.9 Å². The minimum absolute atomic E-state index is 0.974. The summed E-state index contributed by atoms with van der Waals surface area (Å²) in [6.07, 6.45) is 1.02. The number of aromatic nitrogens is 2. The molecule has 1 aliphatic rings. The fourth-order valence-corrected chi connectivity index (χ4v) is 3.40. The Morgan fingerprint density at radius 3 is 2.65 bits per heavy atom. The molecule has 4 heteroatoms. The highest BCUT2D eigenvalue weighted by Crippen LogP contribution is 2.35. The molecule has 1 aromatic heterocycles. The van der Waals surface area contributed by atoms with Crippen molar-refractivity contribution in [3.8, 4) is 16.9 Å². The molecule has 2 heterocycles. The Labute approximate surface area is 144 Å². The average molecular weight is 368 g/mol. The summed E-state index contributed by atoms with van der Waals surface area (Å²) in [7, 11) is 0. The lowest BCUT2D eigenvalue weighted by atomic mass is 10.1. The van der Waals surface area contributed by atoms with Crippen LogP contribution in [0.4, 0.5) is 5.82 Å². The monoisotopic (exact) mass is 367 g/mol. The van der Waals surface area contributed by atoms with E-state index in [1.807, 2.05) is 0 Å². The second kappa shape index (κ2) is 5.53. The molecule has 0 saturated carbocycles. The molecule has 2 aromatic carbocycles. The first-order valence-electron chi connectivity index (χ1n) is 7.83. The highest BCUT2D eigenvalue weighted by atomic mass is 79.9. The Morgan fingerprint density at radius 1 is 1.09 bits per heavy atom. The van der Waals surface area contributed by atoms with Gasteiger partial charge in [0, 0.05) is 22.1 Å². The van der Waals surface area contributed by atoms with Crippen molar-refractivity contribution in [2.45, 2.75) is 20.3 Å². The minimum Gasteiger partial charge on any atom is -0.369 e. The highest BCUT2D eigenvalue weighted by molar-refractivity contribution is 9.10. The number of aryl methyl sites for hydroxylation is 2. The fourth-order valence-electron chi connectivity index (χ4n) is 3.14. The van der Waals surface area contributed by atoms with Crippen molar-refractivity contribution < 1.29 is 0 Å². The first-order chi connectivity index (χ1) is 11.1. The summed E-state index contributed by atoms with van der Waals surface area (Å²) in [6, 6.07) is 14.9. The van der Waals surface area contributed by atoms with Gasteiger partial charge in [0.25, 0.3) is 0 Å². The lowest BCUT2D eigenvalue weighted by molar-refractivity contribution is 0.874. The molecule has 0 fully saturated rings. The molecule has 0 bridgehead atoms. The first kappa shape index (κ1) is 14.5. The molecule has 0 radical (unpaired) electrons. The number of benzene rings is 2. The number of nitrogens with zero attached hydrogens (tertiary/aromatic N) is 2. The van der Waals surface area contributed by atoms with Crippen LogP contribution < -0.4 is 5.32 Å². The zero-order chi connectivity index (χ0) is 16.0. The molecule has 1 N–H and O–H groups in total. The molecule has 116 valence electrons. The Morgan fingerprint density at radius 2 is 1.87 bits per heavy atom. The number of hydrogen-bond donors (Lipinski definition) is 1. The normalized spacial score (nSPS) is 13.0. The van der Waals surface area contributed by atoms with Crippen molar-refractivity contribution in [3.05, 3.63) is 63.6 Å². The Balaban J connectivity index is 1.91. The number of hydrogen-bond acceptors (Lipinski definition) is 2. The second-order valence-electron chi connectivity index (χ2n) is 6.06. The predicted molar refractivity (Wildman–Crippen MR) is 98.4 cm³/mol. The van der Waals surface area contributed by atoms with E-state index in [1.54, 1.807) is 0 Å². The number of nitrogens with one attached hydrogen (secondary N) is 1. The summed E-state index contributed by atoms with van der Waals surface area (Å²) in [4.78, 5) is 0. The molecular weight excluding hydrogens is 350 g/mol. The van der Waals surface area contributed by atoms with Crippen molar-refractivity contribution >= 4 is 21.7 Å². The molecular formula is C19H18BrN3. The topological polar surface area (TPSA) is 29.9 Å². The van der Waals surface area contributed by atoms with E-state index in [2.05, 4.69) is 82.2 Å². The molecule has 3 aromatic rings. The van der Waals surface area contributed by atoms with E-state index < -0.39 is 0 Å². The predicted octanol–water partition coefficient (Wildman–Crippen LogP) is 4.89. The standard InChI is InChI=1S/C19H18BrN3/c1-12-3-4-13(2)17(11-12)23-19-16(9-10-21-19)18(22-23)14-5-7-15(20)8-6-14/h3-8,11,21H,9-10H2,1-2H3. The van der Waals surface area contributed by atoms with Gasteiger partial charge in [-0.15, -0.1) is 0 Å². The van der Waals surface area contributed by atoms with Gasteiger partial charge in [0.2, 0.25) is 0 Å². The molecule has 0 unspecified atom stereocenters. The highest BCUT2D eigenvalue weighted by Gasteiger charge is 2.24. The van der Waals surface area contributed by atoms with Gasteiger partial charge >= 0.3 is 0 Å². The van der Waals surface area contributed by atoms with Gasteiger partial charge in [0.15, 0.2) is 0 Å². The van der Waals surface area contributed by atoms with E-state index in [-0.39, 0.29) is 0 Å². The maximum atomic E-state index is 4.94. The Hall–Kier alpha value is -2.07. The van der Waals surface area contributed by atoms with E-state index in [4.69, 9.17) is 5.10 Å². The van der Waals surface area contributed by atoms with Crippen molar-refractivity contribution in [2.24, 2.45) is 0 Å². The summed E-state index contributed by atoms with van der Waals surface area (Å²) >= 11 is 3.50. The van der Waals surface area contributed by atoms with Crippen molar-refractivity contribution in [3.63, 3.8) is 0 Å². The maximum Gasteiger partial charge on any atom is 0.133 e. The minimum atomic E-state index is 0.974. The summed E-state index contributed by atoms with van der Waals surface area (Å²) in [6.45, 7) is 5.23. The van der Waals surface area contributed by atoms with Gasteiger partial charge in [-0.1, -0.05) is 40.2 Å². The molecule has 0 atom stereocenters. The Bertz CT molecular complexity index is 878. The third-order valence-electron chi connectivity index (χ3n) is 4.36. The number of halogens is 1. The van der Waals surface area contributed by atoms with Crippen LogP contribution in [0.1, 0.15) is 16.7 Å². The van der Waals surface area contributed by atoms with Crippen molar-refractivity contribution in [2.75, 3.05) is 11.9 Å². The quantitative estimate of drug-likeness (QED) is 0.698. The summed E-state index contributed by atoms with van der Waals surface area (Å²) < 4.78 is 3.16. The number of fused-ring (bicyclic) bond motifs is 1. The van der Waals surface area contributed by atoms with Crippen LogP contribution in [-0.2, 0) is 6.42 Å². The van der Waals surface area contributed by atoms with Crippen LogP contribution in [0.3, 0.4) is 0 Å². The SMILES string of the molecule is Cc1ccc(C)c(-n2nc(-c3ccc(Br)cc3)c3c2NCC3)c1.